The molecule has 1 fully saturated rings. The zero-order valence-corrected chi connectivity index (χ0v) is 13.0. The number of benzene rings is 1. The van der Waals surface area contributed by atoms with Gasteiger partial charge in [0.25, 0.3) is 0 Å². The number of carbonyl (C=O) groups is 1. The van der Waals surface area contributed by atoms with E-state index in [1.807, 2.05) is 0 Å². The zero-order chi connectivity index (χ0) is 14.8. The summed E-state index contributed by atoms with van der Waals surface area (Å²) >= 11 is 0. The quantitative estimate of drug-likeness (QED) is 0.889. The summed E-state index contributed by atoms with van der Waals surface area (Å²) in [4.78, 5) is 17.2. The molecule has 0 aromatic heterocycles. The fraction of sp³-hybridized carbons (Fsp3) is 0.588. The van der Waals surface area contributed by atoms with E-state index in [2.05, 4.69) is 53.4 Å². The van der Waals surface area contributed by atoms with Gasteiger partial charge in [-0.3, -0.25) is 9.69 Å². The highest BCUT2D eigenvalue weighted by atomic mass is 16.2. The first-order chi connectivity index (χ1) is 10.2. The van der Waals surface area contributed by atoms with Gasteiger partial charge in [-0.05, 0) is 31.0 Å². The summed E-state index contributed by atoms with van der Waals surface area (Å²) < 4.78 is 0. The summed E-state index contributed by atoms with van der Waals surface area (Å²) in [6.45, 7) is 5.70. The Morgan fingerprint density at radius 1 is 1.29 bits per heavy atom. The van der Waals surface area contributed by atoms with E-state index in [0.717, 1.165) is 39.0 Å². The van der Waals surface area contributed by atoms with Crippen LogP contribution in [-0.4, -0.2) is 54.5 Å². The Labute approximate surface area is 127 Å². The van der Waals surface area contributed by atoms with E-state index in [4.69, 9.17) is 0 Å². The van der Waals surface area contributed by atoms with E-state index < -0.39 is 0 Å². The van der Waals surface area contributed by atoms with Crippen molar-refractivity contribution in [3.05, 3.63) is 35.4 Å². The predicted molar refractivity (Wildman–Crippen MR) is 84.1 cm³/mol. The Bertz CT molecular complexity index is 517. The summed E-state index contributed by atoms with van der Waals surface area (Å²) in [7, 11) is 2.16. The van der Waals surface area contributed by atoms with Crippen LogP contribution < -0.4 is 5.32 Å². The van der Waals surface area contributed by atoms with E-state index in [1.165, 1.54) is 11.1 Å². The number of likely N-dealkylation sites (N-methyl/N-ethyl adjacent to an activating group) is 1. The van der Waals surface area contributed by atoms with Gasteiger partial charge < -0.3 is 10.2 Å². The Morgan fingerprint density at radius 2 is 2.05 bits per heavy atom. The highest BCUT2D eigenvalue weighted by molar-refractivity contribution is 5.82. The van der Waals surface area contributed by atoms with Crippen molar-refractivity contribution >= 4 is 5.91 Å². The number of carbonyl (C=O) groups excluding carboxylic acids is 1. The molecule has 2 aliphatic rings. The molecule has 4 nitrogen and oxygen atoms in total. The van der Waals surface area contributed by atoms with Crippen LogP contribution in [0.5, 0.6) is 0 Å². The third-order valence-corrected chi connectivity index (χ3v) is 4.94. The zero-order valence-electron chi connectivity index (χ0n) is 13.0. The van der Waals surface area contributed by atoms with Crippen LogP contribution in [0.15, 0.2) is 24.3 Å². The van der Waals surface area contributed by atoms with Gasteiger partial charge in [0.2, 0.25) is 5.91 Å². The van der Waals surface area contributed by atoms with Gasteiger partial charge in [0, 0.05) is 32.2 Å². The monoisotopic (exact) mass is 287 g/mol. The van der Waals surface area contributed by atoms with Crippen LogP contribution in [0.2, 0.25) is 0 Å². The number of fused-ring (bicyclic) bond motifs is 1. The molecule has 4 heteroatoms. The van der Waals surface area contributed by atoms with Gasteiger partial charge in [-0.2, -0.15) is 0 Å². The van der Waals surface area contributed by atoms with E-state index in [0.29, 0.717) is 6.04 Å². The van der Waals surface area contributed by atoms with Crippen molar-refractivity contribution in [2.45, 2.75) is 38.4 Å². The maximum Gasteiger partial charge on any atom is 0.240 e. The molecular formula is C17H25N3O. The maximum absolute atomic E-state index is 12.8. The lowest BCUT2D eigenvalue weighted by Gasteiger charge is -2.41. The van der Waals surface area contributed by atoms with Gasteiger partial charge in [0.15, 0.2) is 0 Å². The number of nitrogens with zero attached hydrogens (tertiary/aromatic N) is 2. The second kappa shape index (κ2) is 6.16. The SMILES string of the molecule is CCC1CN(C(=O)[C@@H]2Cc3ccccc3CN2)CCN1C. The molecule has 0 aliphatic carbocycles. The molecule has 2 aliphatic heterocycles. The number of hydrogen-bond donors (Lipinski definition) is 1. The molecule has 0 spiro atoms. The first-order valence-electron chi connectivity index (χ1n) is 7.98. The van der Waals surface area contributed by atoms with E-state index in [1.54, 1.807) is 0 Å². The van der Waals surface area contributed by atoms with Crippen molar-refractivity contribution in [1.82, 2.24) is 15.1 Å². The van der Waals surface area contributed by atoms with Crippen molar-refractivity contribution in [3.8, 4) is 0 Å². The molecule has 1 aromatic rings. The van der Waals surface area contributed by atoms with Crippen molar-refractivity contribution in [2.75, 3.05) is 26.7 Å². The topological polar surface area (TPSA) is 35.6 Å². The van der Waals surface area contributed by atoms with Crippen LogP contribution in [-0.2, 0) is 17.8 Å². The Kier molecular flexibility index (Phi) is 4.27. The molecule has 0 radical (unpaired) electrons. The lowest BCUT2D eigenvalue weighted by Crippen LogP contribution is -2.57. The van der Waals surface area contributed by atoms with E-state index in [9.17, 15) is 4.79 Å². The van der Waals surface area contributed by atoms with Gasteiger partial charge in [0.1, 0.15) is 0 Å². The van der Waals surface area contributed by atoms with Gasteiger partial charge in [-0.1, -0.05) is 31.2 Å². The summed E-state index contributed by atoms with van der Waals surface area (Å²) in [6.07, 6.45) is 1.92. The molecule has 2 atom stereocenters. The molecule has 1 amide bonds. The molecule has 0 bridgehead atoms. The van der Waals surface area contributed by atoms with Gasteiger partial charge >= 0.3 is 0 Å². The fourth-order valence-corrected chi connectivity index (χ4v) is 3.44. The Hall–Kier alpha value is -1.39. The second-order valence-corrected chi connectivity index (χ2v) is 6.23. The first kappa shape index (κ1) is 14.5. The lowest BCUT2D eigenvalue weighted by molar-refractivity contribution is -0.136. The minimum atomic E-state index is -0.0548. The van der Waals surface area contributed by atoms with Crippen LogP contribution in [0.3, 0.4) is 0 Å². The normalized spacial score (nSPS) is 26.5. The number of hydrogen-bond acceptors (Lipinski definition) is 3. The summed E-state index contributed by atoms with van der Waals surface area (Å²) in [5, 5.41) is 3.41. The first-order valence-corrected chi connectivity index (χ1v) is 7.98. The molecule has 1 unspecified atom stereocenters. The van der Waals surface area contributed by atoms with Crippen molar-refractivity contribution in [1.29, 1.82) is 0 Å². The van der Waals surface area contributed by atoms with Crippen LogP contribution in [0.4, 0.5) is 0 Å². The van der Waals surface area contributed by atoms with E-state index >= 15 is 0 Å². The number of nitrogens with one attached hydrogen (secondary N) is 1. The molecule has 3 rings (SSSR count). The van der Waals surface area contributed by atoms with Gasteiger partial charge in [-0.25, -0.2) is 0 Å². The fourth-order valence-electron chi connectivity index (χ4n) is 3.44. The summed E-state index contributed by atoms with van der Waals surface area (Å²) in [5.74, 6) is 0.274. The molecule has 114 valence electrons. The van der Waals surface area contributed by atoms with Crippen molar-refractivity contribution in [3.63, 3.8) is 0 Å². The maximum atomic E-state index is 12.8. The molecule has 1 aromatic carbocycles. The second-order valence-electron chi connectivity index (χ2n) is 6.23. The summed E-state index contributed by atoms with van der Waals surface area (Å²) in [6, 6.07) is 8.87. The van der Waals surface area contributed by atoms with Crippen LogP contribution in [0.1, 0.15) is 24.5 Å². The molecule has 0 saturated carbocycles. The average molecular weight is 287 g/mol. The van der Waals surface area contributed by atoms with E-state index in [-0.39, 0.29) is 11.9 Å². The minimum absolute atomic E-state index is 0.0548. The van der Waals surface area contributed by atoms with Crippen LogP contribution in [0, 0.1) is 0 Å². The predicted octanol–water partition coefficient (Wildman–Crippen LogP) is 1.25. The number of piperazine rings is 1. The molecular weight excluding hydrogens is 262 g/mol. The summed E-state index contributed by atoms with van der Waals surface area (Å²) in [5.41, 5.74) is 2.64. The highest BCUT2D eigenvalue weighted by Crippen LogP contribution is 2.19. The third-order valence-electron chi connectivity index (χ3n) is 4.94. The standard InChI is InChI=1S/C17H25N3O/c1-3-15-12-20(9-8-19(15)2)17(21)16-10-13-6-4-5-7-14(13)11-18-16/h4-7,15-16,18H,3,8-12H2,1-2H3/t15?,16-/m0/s1. The smallest absolute Gasteiger partial charge is 0.240 e. The Morgan fingerprint density at radius 3 is 2.81 bits per heavy atom. The van der Waals surface area contributed by atoms with Crippen molar-refractivity contribution < 1.29 is 4.79 Å². The van der Waals surface area contributed by atoms with Gasteiger partial charge in [0.05, 0.1) is 6.04 Å². The van der Waals surface area contributed by atoms with Crippen LogP contribution >= 0.6 is 0 Å². The lowest BCUT2D eigenvalue weighted by atomic mass is 9.95. The molecule has 1 N–H and O–H groups in total. The number of amides is 1. The highest BCUT2D eigenvalue weighted by Gasteiger charge is 2.32. The third kappa shape index (κ3) is 2.97. The average Bonchev–Trinajstić information content (AvgIpc) is 2.54. The molecule has 21 heavy (non-hydrogen) atoms. The van der Waals surface area contributed by atoms with Crippen LogP contribution in [0.25, 0.3) is 0 Å². The van der Waals surface area contributed by atoms with Gasteiger partial charge in [-0.15, -0.1) is 0 Å². The Balaban J connectivity index is 1.67. The molecule has 1 saturated heterocycles. The minimum Gasteiger partial charge on any atom is -0.338 e. The largest absolute Gasteiger partial charge is 0.338 e. The molecule has 2 heterocycles. The van der Waals surface area contributed by atoms with Crippen molar-refractivity contribution in [2.24, 2.45) is 0 Å². The number of rotatable bonds is 2.